The van der Waals surface area contributed by atoms with E-state index in [1.165, 1.54) is 19.3 Å². The summed E-state index contributed by atoms with van der Waals surface area (Å²) in [5.74, 6) is 1.61. The summed E-state index contributed by atoms with van der Waals surface area (Å²) in [6.07, 6.45) is 6.01. The molecule has 0 radical (unpaired) electrons. The Morgan fingerprint density at radius 3 is 2.83 bits per heavy atom. The largest absolute Gasteiger partial charge is 0.396 e. The molecule has 1 heterocycles. The van der Waals surface area contributed by atoms with Crippen molar-refractivity contribution < 1.29 is 9.84 Å². The minimum absolute atomic E-state index is 0.190. The molecule has 106 valence electrons. The molecule has 3 nitrogen and oxygen atoms in total. The molecule has 0 bridgehead atoms. The molecule has 2 rings (SSSR count). The van der Waals surface area contributed by atoms with Crippen LogP contribution in [0.5, 0.6) is 0 Å². The first-order chi connectivity index (χ1) is 8.67. The van der Waals surface area contributed by atoms with Gasteiger partial charge in [0, 0.05) is 31.2 Å². The maximum absolute atomic E-state index is 9.24. The van der Waals surface area contributed by atoms with Gasteiger partial charge in [-0.25, -0.2) is 0 Å². The number of aliphatic hydroxyl groups is 1. The Balaban J connectivity index is 1.85. The molecule has 0 spiro atoms. The van der Waals surface area contributed by atoms with Crippen molar-refractivity contribution in [2.45, 2.75) is 52.0 Å². The molecule has 0 unspecified atom stereocenters. The molecule has 2 N–H and O–H groups in total. The van der Waals surface area contributed by atoms with Crippen LogP contribution in [0.4, 0.5) is 0 Å². The third kappa shape index (κ3) is 3.25. The van der Waals surface area contributed by atoms with Gasteiger partial charge in [0.05, 0.1) is 6.61 Å². The Morgan fingerprint density at radius 1 is 1.33 bits per heavy atom. The van der Waals surface area contributed by atoms with Gasteiger partial charge >= 0.3 is 0 Å². The summed E-state index contributed by atoms with van der Waals surface area (Å²) in [6, 6.07) is 0.657. The topological polar surface area (TPSA) is 41.5 Å². The average molecular weight is 255 g/mol. The number of hydrogen-bond donors (Lipinski definition) is 2. The van der Waals surface area contributed by atoms with Crippen LogP contribution in [0.15, 0.2) is 0 Å². The predicted octanol–water partition coefficient (Wildman–Crippen LogP) is 2.19. The first kappa shape index (κ1) is 14.3. The van der Waals surface area contributed by atoms with E-state index in [-0.39, 0.29) is 12.0 Å². The summed E-state index contributed by atoms with van der Waals surface area (Å²) in [5.41, 5.74) is 0.190. The second-order valence-electron chi connectivity index (χ2n) is 6.53. The fourth-order valence-electron chi connectivity index (χ4n) is 3.53. The Bertz CT molecular complexity index is 251. The number of aliphatic hydroxyl groups excluding tert-OH is 1. The Kier molecular flexibility index (Phi) is 5.05. The van der Waals surface area contributed by atoms with E-state index >= 15 is 0 Å². The molecule has 1 aliphatic carbocycles. The smallest absolute Gasteiger partial charge is 0.0536 e. The lowest BCUT2D eigenvalue weighted by molar-refractivity contribution is 0.112. The van der Waals surface area contributed by atoms with E-state index in [1.54, 1.807) is 0 Å². The van der Waals surface area contributed by atoms with E-state index < -0.39 is 0 Å². The molecule has 2 fully saturated rings. The molecule has 18 heavy (non-hydrogen) atoms. The number of ether oxygens (including phenoxy) is 1. The van der Waals surface area contributed by atoms with Crippen LogP contribution in [0.1, 0.15) is 46.0 Å². The zero-order valence-electron chi connectivity index (χ0n) is 12.0. The van der Waals surface area contributed by atoms with Gasteiger partial charge < -0.3 is 15.2 Å². The van der Waals surface area contributed by atoms with Crippen molar-refractivity contribution in [3.05, 3.63) is 0 Å². The monoisotopic (exact) mass is 255 g/mol. The zero-order chi connectivity index (χ0) is 13.0. The molecule has 2 aliphatic rings. The van der Waals surface area contributed by atoms with Crippen LogP contribution < -0.4 is 5.32 Å². The SMILES string of the molecule is C[C@@H]1[C@H](C)CCC[C@@H]1NC[C@@]1(CCO)CCOC1. The lowest BCUT2D eigenvalue weighted by Gasteiger charge is -2.37. The minimum atomic E-state index is 0.190. The Morgan fingerprint density at radius 2 is 2.17 bits per heavy atom. The highest BCUT2D eigenvalue weighted by Gasteiger charge is 2.36. The van der Waals surface area contributed by atoms with E-state index in [0.29, 0.717) is 6.04 Å². The summed E-state index contributed by atoms with van der Waals surface area (Å²) in [5, 5.41) is 13.0. The summed E-state index contributed by atoms with van der Waals surface area (Å²) in [4.78, 5) is 0. The normalized spacial score (nSPS) is 41.2. The van der Waals surface area contributed by atoms with Gasteiger partial charge in [-0.15, -0.1) is 0 Å². The fourth-order valence-corrected chi connectivity index (χ4v) is 3.53. The van der Waals surface area contributed by atoms with Crippen LogP contribution in [0, 0.1) is 17.3 Å². The van der Waals surface area contributed by atoms with E-state index in [9.17, 15) is 5.11 Å². The quantitative estimate of drug-likeness (QED) is 0.791. The van der Waals surface area contributed by atoms with Gasteiger partial charge in [0.1, 0.15) is 0 Å². The van der Waals surface area contributed by atoms with E-state index in [0.717, 1.165) is 44.4 Å². The lowest BCUT2D eigenvalue weighted by atomic mass is 9.77. The molecule has 1 saturated heterocycles. The van der Waals surface area contributed by atoms with Crippen LogP contribution in [0.3, 0.4) is 0 Å². The van der Waals surface area contributed by atoms with Crippen LogP contribution >= 0.6 is 0 Å². The standard InChI is InChI=1S/C15H29NO2/c1-12-4-3-5-14(13(12)2)16-10-15(6-8-17)7-9-18-11-15/h12-14,16-17H,3-11H2,1-2H3/t12-,13-,14+,15-/m1/s1. The molecule has 1 saturated carbocycles. The van der Waals surface area contributed by atoms with Gasteiger partial charge in [-0.2, -0.15) is 0 Å². The fraction of sp³-hybridized carbons (Fsp3) is 1.00. The van der Waals surface area contributed by atoms with Gasteiger partial charge in [-0.05, 0) is 31.1 Å². The number of hydrogen-bond acceptors (Lipinski definition) is 3. The second-order valence-corrected chi connectivity index (χ2v) is 6.53. The molecule has 1 aliphatic heterocycles. The zero-order valence-corrected chi connectivity index (χ0v) is 12.0. The summed E-state index contributed by atoms with van der Waals surface area (Å²) >= 11 is 0. The van der Waals surface area contributed by atoms with Gasteiger partial charge in [-0.3, -0.25) is 0 Å². The first-order valence-electron chi connectivity index (χ1n) is 7.59. The van der Waals surface area contributed by atoms with Crippen molar-refractivity contribution in [2.24, 2.45) is 17.3 Å². The summed E-state index contributed by atoms with van der Waals surface area (Å²) in [7, 11) is 0. The van der Waals surface area contributed by atoms with Crippen LogP contribution in [0.2, 0.25) is 0 Å². The average Bonchev–Trinajstić information content (AvgIpc) is 2.81. The van der Waals surface area contributed by atoms with Gasteiger partial charge in [-0.1, -0.05) is 26.7 Å². The molecule has 4 atom stereocenters. The van der Waals surface area contributed by atoms with Gasteiger partial charge in [0.25, 0.3) is 0 Å². The van der Waals surface area contributed by atoms with Gasteiger partial charge in [0.15, 0.2) is 0 Å². The minimum Gasteiger partial charge on any atom is -0.396 e. The molecular formula is C15H29NO2. The maximum atomic E-state index is 9.24. The third-order valence-corrected chi connectivity index (χ3v) is 5.27. The van der Waals surface area contributed by atoms with Crippen molar-refractivity contribution >= 4 is 0 Å². The van der Waals surface area contributed by atoms with E-state index in [4.69, 9.17) is 4.74 Å². The second kappa shape index (κ2) is 6.36. The van der Waals surface area contributed by atoms with Crippen molar-refractivity contribution in [1.82, 2.24) is 5.32 Å². The van der Waals surface area contributed by atoms with Crippen molar-refractivity contribution in [3.8, 4) is 0 Å². The summed E-state index contributed by atoms with van der Waals surface area (Å²) in [6.45, 7) is 7.72. The Hall–Kier alpha value is -0.120. The van der Waals surface area contributed by atoms with Crippen LogP contribution in [-0.2, 0) is 4.74 Å². The molecule has 3 heteroatoms. The maximum Gasteiger partial charge on any atom is 0.0536 e. The number of nitrogens with one attached hydrogen (secondary N) is 1. The van der Waals surface area contributed by atoms with E-state index in [1.807, 2.05) is 0 Å². The lowest BCUT2D eigenvalue weighted by Crippen LogP contribution is -2.46. The van der Waals surface area contributed by atoms with Gasteiger partial charge in [0.2, 0.25) is 0 Å². The highest BCUT2D eigenvalue weighted by Crippen LogP contribution is 2.34. The van der Waals surface area contributed by atoms with Crippen LogP contribution in [-0.4, -0.2) is 37.5 Å². The predicted molar refractivity (Wildman–Crippen MR) is 73.5 cm³/mol. The highest BCUT2D eigenvalue weighted by atomic mass is 16.5. The molecule has 0 aromatic carbocycles. The van der Waals surface area contributed by atoms with Crippen molar-refractivity contribution in [2.75, 3.05) is 26.4 Å². The Labute approximate surface area is 111 Å². The molecule has 0 amide bonds. The number of rotatable bonds is 5. The summed E-state index contributed by atoms with van der Waals surface area (Å²) < 4.78 is 5.55. The third-order valence-electron chi connectivity index (χ3n) is 5.27. The van der Waals surface area contributed by atoms with Crippen molar-refractivity contribution in [3.63, 3.8) is 0 Å². The molecule has 0 aromatic heterocycles. The van der Waals surface area contributed by atoms with E-state index in [2.05, 4.69) is 19.2 Å². The molecular weight excluding hydrogens is 226 g/mol. The van der Waals surface area contributed by atoms with Crippen molar-refractivity contribution in [1.29, 1.82) is 0 Å². The molecule has 0 aromatic rings. The first-order valence-corrected chi connectivity index (χ1v) is 7.59. The highest BCUT2D eigenvalue weighted by molar-refractivity contribution is 4.89. The van der Waals surface area contributed by atoms with Crippen LogP contribution in [0.25, 0.3) is 0 Å².